The first-order valence-corrected chi connectivity index (χ1v) is 7.95. The number of rotatable bonds is 7. The van der Waals surface area contributed by atoms with Gasteiger partial charge in [0.25, 0.3) is 5.91 Å². The van der Waals surface area contributed by atoms with E-state index in [1.807, 2.05) is 37.2 Å². The number of hydrogen-bond acceptors (Lipinski definition) is 4. The highest BCUT2D eigenvalue weighted by Crippen LogP contribution is 2.18. The van der Waals surface area contributed by atoms with Crippen LogP contribution in [0.3, 0.4) is 0 Å². The molecule has 0 spiro atoms. The van der Waals surface area contributed by atoms with E-state index < -0.39 is 5.82 Å². The molecule has 0 aromatic heterocycles. The molecule has 1 amide bonds. The Morgan fingerprint density at radius 3 is 2.56 bits per heavy atom. The molecule has 6 heteroatoms. The molecule has 2 rings (SSSR count). The van der Waals surface area contributed by atoms with Crippen molar-refractivity contribution < 1.29 is 9.18 Å². The van der Waals surface area contributed by atoms with Gasteiger partial charge in [-0.25, -0.2) is 4.39 Å². The number of nitrogens with zero attached hydrogens (tertiary/aromatic N) is 2. The Hall–Kier alpha value is -2.91. The van der Waals surface area contributed by atoms with Crippen LogP contribution in [0.25, 0.3) is 0 Å². The van der Waals surface area contributed by atoms with E-state index in [0.29, 0.717) is 24.3 Å². The van der Waals surface area contributed by atoms with Crippen LogP contribution in [0.5, 0.6) is 0 Å². The maximum atomic E-state index is 13.6. The average Bonchev–Trinajstić information content (AvgIpc) is 2.60. The van der Waals surface area contributed by atoms with Gasteiger partial charge in [-0.3, -0.25) is 4.79 Å². The lowest BCUT2D eigenvalue weighted by atomic mass is 10.1. The lowest BCUT2D eigenvalue weighted by Gasteiger charge is -2.11. The Morgan fingerprint density at radius 1 is 1.20 bits per heavy atom. The molecule has 0 atom stereocenters. The summed E-state index contributed by atoms with van der Waals surface area (Å²) in [5.74, 6) is -0.657. The van der Waals surface area contributed by atoms with Gasteiger partial charge in [-0.15, -0.1) is 0 Å². The third-order valence-corrected chi connectivity index (χ3v) is 3.67. The van der Waals surface area contributed by atoms with Crippen LogP contribution in [0, 0.1) is 17.1 Å². The molecule has 25 heavy (non-hydrogen) atoms. The SMILES string of the molecule is CN(C)CCNC(=O)c1ccc(CNc2cccc(F)c2C#N)cc1. The number of carbonyl (C=O) groups is 1. The number of carbonyl (C=O) groups excluding carboxylic acids is 1. The number of anilines is 1. The predicted octanol–water partition coefficient (Wildman–Crippen LogP) is 2.60. The molecule has 2 aromatic rings. The van der Waals surface area contributed by atoms with Crippen molar-refractivity contribution in [2.45, 2.75) is 6.54 Å². The Bertz CT molecular complexity index is 766. The summed E-state index contributed by atoms with van der Waals surface area (Å²) in [5.41, 5.74) is 1.97. The molecule has 130 valence electrons. The minimum absolute atomic E-state index is 0.000565. The summed E-state index contributed by atoms with van der Waals surface area (Å²) in [5, 5.41) is 14.9. The molecule has 0 radical (unpaired) electrons. The van der Waals surface area contributed by atoms with E-state index in [-0.39, 0.29) is 11.5 Å². The average molecular weight is 340 g/mol. The summed E-state index contributed by atoms with van der Waals surface area (Å²) in [4.78, 5) is 14.0. The third kappa shape index (κ3) is 5.30. The van der Waals surface area contributed by atoms with Crippen molar-refractivity contribution in [3.63, 3.8) is 0 Å². The second-order valence-electron chi connectivity index (χ2n) is 5.88. The van der Waals surface area contributed by atoms with Gasteiger partial charge in [0.2, 0.25) is 0 Å². The lowest BCUT2D eigenvalue weighted by Crippen LogP contribution is -2.31. The fourth-order valence-electron chi connectivity index (χ4n) is 2.25. The van der Waals surface area contributed by atoms with Gasteiger partial charge in [-0.05, 0) is 43.9 Å². The Kier molecular flexibility index (Phi) is 6.49. The van der Waals surface area contributed by atoms with E-state index >= 15 is 0 Å². The smallest absolute Gasteiger partial charge is 0.251 e. The minimum atomic E-state index is -0.544. The molecule has 2 N–H and O–H groups in total. The van der Waals surface area contributed by atoms with Gasteiger partial charge in [-0.1, -0.05) is 18.2 Å². The quantitative estimate of drug-likeness (QED) is 0.813. The lowest BCUT2D eigenvalue weighted by molar-refractivity contribution is 0.0951. The van der Waals surface area contributed by atoms with Gasteiger partial charge in [0.05, 0.1) is 5.69 Å². The maximum Gasteiger partial charge on any atom is 0.251 e. The fourth-order valence-corrected chi connectivity index (χ4v) is 2.25. The maximum absolute atomic E-state index is 13.6. The van der Waals surface area contributed by atoms with Crippen LogP contribution < -0.4 is 10.6 Å². The highest BCUT2D eigenvalue weighted by Gasteiger charge is 2.08. The van der Waals surface area contributed by atoms with E-state index in [4.69, 9.17) is 5.26 Å². The van der Waals surface area contributed by atoms with Crippen LogP contribution in [0.1, 0.15) is 21.5 Å². The Labute approximate surface area is 147 Å². The first-order valence-electron chi connectivity index (χ1n) is 7.95. The summed E-state index contributed by atoms with van der Waals surface area (Å²) in [6.45, 7) is 1.80. The van der Waals surface area contributed by atoms with Gasteiger partial charge in [0.1, 0.15) is 17.4 Å². The summed E-state index contributed by atoms with van der Waals surface area (Å²) in [6.07, 6.45) is 0. The number of halogens is 1. The summed E-state index contributed by atoms with van der Waals surface area (Å²) < 4.78 is 13.6. The summed E-state index contributed by atoms with van der Waals surface area (Å²) in [7, 11) is 3.90. The van der Waals surface area contributed by atoms with Gasteiger partial charge in [0, 0.05) is 25.2 Å². The zero-order valence-corrected chi connectivity index (χ0v) is 14.3. The number of likely N-dealkylation sites (N-methyl/N-ethyl adjacent to an activating group) is 1. The van der Waals surface area contributed by atoms with Crippen LogP contribution in [-0.4, -0.2) is 38.0 Å². The molecule has 0 unspecified atom stereocenters. The molecular weight excluding hydrogens is 319 g/mol. The third-order valence-electron chi connectivity index (χ3n) is 3.67. The van der Waals surface area contributed by atoms with Crippen LogP contribution in [0.2, 0.25) is 0 Å². The highest BCUT2D eigenvalue weighted by atomic mass is 19.1. The van der Waals surface area contributed by atoms with Crippen molar-refractivity contribution in [2.75, 3.05) is 32.5 Å². The summed E-state index contributed by atoms with van der Waals surface area (Å²) in [6, 6.07) is 13.5. The number of benzene rings is 2. The normalized spacial score (nSPS) is 10.4. The van der Waals surface area contributed by atoms with Gasteiger partial charge in [0.15, 0.2) is 0 Å². The zero-order valence-electron chi connectivity index (χ0n) is 14.3. The highest BCUT2D eigenvalue weighted by molar-refractivity contribution is 5.94. The zero-order chi connectivity index (χ0) is 18.2. The molecule has 5 nitrogen and oxygen atoms in total. The number of nitriles is 1. The standard InChI is InChI=1S/C19H21FN4O/c1-24(2)11-10-22-19(25)15-8-6-14(7-9-15)13-23-18-5-3-4-17(20)16(18)12-21/h3-9,23H,10-11,13H2,1-2H3,(H,22,25). The van der Waals surface area contributed by atoms with Crippen molar-refractivity contribution >= 4 is 11.6 Å². The van der Waals surface area contributed by atoms with Crippen molar-refractivity contribution in [3.05, 3.63) is 65.0 Å². The first-order chi connectivity index (χ1) is 12.0. The first kappa shape index (κ1) is 18.4. The van der Waals surface area contributed by atoms with Crippen molar-refractivity contribution in [1.29, 1.82) is 5.26 Å². The van der Waals surface area contributed by atoms with E-state index in [2.05, 4.69) is 10.6 Å². The monoisotopic (exact) mass is 340 g/mol. The molecular formula is C19H21FN4O. The number of amides is 1. The largest absolute Gasteiger partial charge is 0.380 e. The molecule has 0 saturated heterocycles. The van der Waals surface area contributed by atoms with Crippen LogP contribution in [0.4, 0.5) is 10.1 Å². The molecule has 0 aliphatic heterocycles. The van der Waals surface area contributed by atoms with E-state index in [0.717, 1.165) is 12.1 Å². The molecule has 0 saturated carbocycles. The van der Waals surface area contributed by atoms with Crippen LogP contribution >= 0.6 is 0 Å². The van der Waals surface area contributed by atoms with Crippen molar-refractivity contribution in [3.8, 4) is 6.07 Å². The molecule has 0 bridgehead atoms. The second-order valence-corrected chi connectivity index (χ2v) is 5.88. The second kappa shape index (κ2) is 8.81. The van der Waals surface area contributed by atoms with Gasteiger partial charge in [-0.2, -0.15) is 5.26 Å². The summed E-state index contributed by atoms with van der Waals surface area (Å²) >= 11 is 0. The van der Waals surface area contributed by atoms with Crippen LogP contribution in [0.15, 0.2) is 42.5 Å². The number of hydrogen-bond donors (Lipinski definition) is 2. The Balaban J connectivity index is 1.94. The number of nitrogens with one attached hydrogen (secondary N) is 2. The van der Waals surface area contributed by atoms with E-state index in [9.17, 15) is 9.18 Å². The van der Waals surface area contributed by atoms with Crippen LogP contribution in [-0.2, 0) is 6.54 Å². The van der Waals surface area contributed by atoms with Crippen molar-refractivity contribution in [1.82, 2.24) is 10.2 Å². The fraction of sp³-hybridized carbons (Fsp3) is 0.263. The topological polar surface area (TPSA) is 68.2 Å². The molecule has 2 aromatic carbocycles. The molecule has 0 fully saturated rings. The predicted molar refractivity (Wildman–Crippen MR) is 95.8 cm³/mol. The molecule has 0 heterocycles. The van der Waals surface area contributed by atoms with Gasteiger partial charge >= 0.3 is 0 Å². The van der Waals surface area contributed by atoms with Gasteiger partial charge < -0.3 is 15.5 Å². The van der Waals surface area contributed by atoms with E-state index in [1.54, 1.807) is 24.3 Å². The molecule has 0 aliphatic rings. The Morgan fingerprint density at radius 2 is 1.92 bits per heavy atom. The molecule has 0 aliphatic carbocycles. The minimum Gasteiger partial charge on any atom is -0.380 e. The van der Waals surface area contributed by atoms with E-state index in [1.165, 1.54) is 6.07 Å². The van der Waals surface area contributed by atoms with Crippen molar-refractivity contribution in [2.24, 2.45) is 0 Å².